The highest BCUT2D eigenvalue weighted by Crippen LogP contribution is 2.19. The van der Waals surface area contributed by atoms with Crippen molar-refractivity contribution in [1.82, 2.24) is 0 Å². The van der Waals surface area contributed by atoms with Gasteiger partial charge in [0.15, 0.2) is 0 Å². The molecule has 0 aliphatic rings. The molecule has 2 nitrogen and oxygen atoms in total. The van der Waals surface area contributed by atoms with Crippen molar-refractivity contribution >= 4 is 11.4 Å². The predicted molar refractivity (Wildman–Crippen MR) is 75.0 cm³/mol. The van der Waals surface area contributed by atoms with Gasteiger partial charge in [-0.25, -0.2) is 0 Å². The zero-order valence-electron chi connectivity index (χ0n) is 10.3. The van der Waals surface area contributed by atoms with E-state index in [0.29, 0.717) is 5.57 Å². The molecule has 0 radical (unpaired) electrons. The smallest absolute Gasteiger partial charge is 0.122 e. The monoisotopic (exact) mass is 226 g/mol. The summed E-state index contributed by atoms with van der Waals surface area (Å²) in [6, 6.07) is 8.14. The average Bonchev–Trinajstić information content (AvgIpc) is 2.28. The molecule has 88 valence electrons. The van der Waals surface area contributed by atoms with Crippen LogP contribution >= 0.6 is 0 Å². The molecule has 0 heterocycles. The minimum atomic E-state index is 0.0536. The molecule has 0 amide bonds. The average molecular weight is 226 g/mol. The van der Waals surface area contributed by atoms with Crippen molar-refractivity contribution in [2.75, 3.05) is 0 Å². The summed E-state index contributed by atoms with van der Waals surface area (Å²) in [5.74, 6) is 0.0536. The lowest BCUT2D eigenvalue weighted by atomic mass is 9.99. The topological polar surface area (TPSA) is 49.9 Å². The van der Waals surface area contributed by atoms with Gasteiger partial charge in [0.2, 0.25) is 0 Å². The second-order valence-corrected chi connectivity index (χ2v) is 3.91. The second-order valence-electron chi connectivity index (χ2n) is 3.91. The summed E-state index contributed by atoms with van der Waals surface area (Å²) in [4.78, 5) is 0. The minimum Gasteiger partial charge on any atom is -0.384 e. The third-order valence-electron chi connectivity index (χ3n) is 2.55. The first-order valence-electron chi connectivity index (χ1n) is 5.47. The number of nitrogens with two attached hydrogens (primary N) is 1. The zero-order chi connectivity index (χ0) is 12.8. The van der Waals surface area contributed by atoms with E-state index in [-0.39, 0.29) is 5.84 Å². The summed E-state index contributed by atoms with van der Waals surface area (Å²) in [6.45, 7) is 7.71. The van der Waals surface area contributed by atoms with Gasteiger partial charge in [0, 0.05) is 5.57 Å². The molecule has 1 aromatic carbocycles. The summed E-state index contributed by atoms with van der Waals surface area (Å²) in [7, 11) is 0. The Hall–Kier alpha value is -2.09. The third-order valence-corrected chi connectivity index (χ3v) is 2.55. The van der Waals surface area contributed by atoms with Crippen LogP contribution < -0.4 is 5.73 Å². The molecule has 1 aromatic rings. The Labute approximate surface area is 103 Å². The quantitative estimate of drug-likeness (QED) is 0.461. The Bertz CT molecular complexity index is 493. The van der Waals surface area contributed by atoms with Crippen LogP contribution in [-0.2, 0) is 0 Å². The second kappa shape index (κ2) is 5.85. The zero-order valence-corrected chi connectivity index (χ0v) is 10.3. The molecule has 0 fully saturated rings. The van der Waals surface area contributed by atoms with Gasteiger partial charge in [0.05, 0.1) is 0 Å². The van der Waals surface area contributed by atoms with Crippen LogP contribution in [0.1, 0.15) is 18.1 Å². The fourth-order valence-electron chi connectivity index (χ4n) is 1.67. The van der Waals surface area contributed by atoms with Crippen LogP contribution in [0.15, 0.2) is 54.6 Å². The van der Waals surface area contributed by atoms with E-state index in [1.807, 2.05) is 25.1 Å². The summed E-state index contributed by atoms with van der Waals surface area (Å²) in [6.07, 6.45) is 5.29. The number of amidine groups is 1. The molecule has 2 heteroatoms. The van der Waals surface area contributed by atoms with Crippen LogP contribution in [0.4, 0.5) is 0 Å². The van der Waals surface area contributed by atoms with Crippen LogP contribution in [0.2, 0.25) is 0 Å². The summed E-state index contributed by atoms with van der Waals surface area (Å²) >= 11 is 0. The van der Waals surface area contributed by atoms with Crippen LogP contribution in [-0.4, -0.2) is 5.84 Å². The molecule has 0 bridgehead atoms. The van der Waals surface area contributed by atoms with Crippen LogP contribution in [0, 0.1) is 12.3 Å². The molecule has 0 saturated heterocycles. The SMILES string of the molecule is C=C/C=C(\C=C(/C)c1ccccc1C)C(=N)N. The Morgan fingerprint density at radius 2 is 2.00 bits per heavy atom. The van der Waals surface area contributed by atoms with E-state index >= 15 is 0 Å². The van der Waals surface area contributed by atoms with Gasteiger partial charge < -0.3 is 5.73 Å². The lowest BCUT2D eigenvalue weighted by Crippen LogP contribution is -2.11. The maximum absolute atomic E-state index is 7.48. The highest BCUT2D eigenvalue weighted by molar-refractivity contribution is 5.99. The van der Waals surface area contributed by atoms with E-state index in [0.717, 1.165) is 5.57 Å². The standard InChI is InChI=1S/C15H18N2/c1-4-7-13(15(16)17)10-12(3)14-9-6-5-8-11(14)2/h4-10H,1H2,2-3H3,(H3,16,17)/b12-10+,13-7+. The Balaban J connectivity index is 3.16. The fraction of sp³-hybridized carbons (Fsp3) is 0.133. The van der Waals surface area contributed by atoms with E-state index in [2.05, 4.69) is 25.6 Å². The van der Waals surface area contributed by atoms with Crippen LogP contribution in [0.25, 0.3) is 5.57 Å². The number of rotatable bonds is 4. The molecular formula is C15H18N2. The summed E-state index contributed by atoms with van der Waals surface area (Å²) < 4.78 is 0. The molecule has 1 rings (SSSR count). The third kappa shape index (κ3) is 3.45. The molecule has 3 N–H and O–H groups in total. The molecule has 0 atom stereocenters. The molecule has 17 heavy (non-hydrogen) atoms. The van der Waals surface area contributed by atoms with Gasteiger partial charge in [-0.3, -0.25) is 5.41 Å². The van der Waals surface area contributed by atoms with Crippen molar-refractivity contribution in [2.24, 2.45) is 5.73 Å². The summed E-state index contributed by atoms with van der Waals surface area (Å²) in [5, 5.41) is 7.48. The van der Waals surface area contributed by atoms with Gasteiger partial charge in [-0.2, -0.15) is 0 Å². The molecule has 0 saturated carbocycles. The number of aryl methyl sites for hydroxylation is 1. The van der Waals surface area contributed by atoms with Crippen LogP contribution in [0.5, 0.6) is 0 Å². The van der Waals surface area contributed by atoms with Crippen molar-refractivity contribution in [2.45, 2.75) is 13.8 Å². The minimum absolute atomic E-state index is 0.0536. The van der Waals surface area contributed by atoms with Gasteiger partial charge in [-0.1, -0.05) is 43.0 Å². The fourth-order valence-corrected chi connectivity index (χ4v) is 1.67. The molecule has 0 aromatic heterocycles. The summed E-state index contributed by atoms with van der Waals surface area (Å²) in [5.41, 5.74) is 9.66. The number of benzene rings is 1. The van der Waals surface area contributed by atoms with E-state index in [1.165, 1.54) is 11.1 Å². The normalized spacial score (nSPS) is 12.4. The Morgan fingerprint density at radius 1 is 1.35 bits per heavy atom. The Morgan fingerprint density at radius 3 is 2.53 bits per heavy atom. The largest absolute Gasteiger partial charge is 0.384 e. The number of nitrogens with one attached hydrogen (secondary N) is 1. The molecule has 0 unspecified atom stereocenters. The van der Waals surface area contributed by atoms with Crippen molar-refractivity contribution in [3.8, 4) is 0 Å². The van der Waals surface area contributed by atoms with Crippen molar-refractivity contribution in [3.63, 3.8) is 0 Å². The lowest BCUT2D eigenvalue weighted by molar-refractivity contribution is 1.40. The first-order valence-corrected chi connectivity index (χ1v) is 5.47. The predicted octanol–water partition coefficient (Wildman–Crippen LogP) is 3.45. The van der Waals surface area contributed by atoms with Crippen LogP contribution in [0.3, 0.4) is 0 Å². The Kier molecular flexibility index (Phi) is 4.46. The van der Waals surface area contributed by atoms with Gasteiger partial charge in [0.25, 0.3) is 0 Å². The lowest BCUT2D eigenvalue weighted by Gasteiger charge is -2.07. The van der Waals surface area contributed by atoms with E-state index < -0.39 is 0 Å². The molecule has 0 spiro atoms. The van der Waals surface area contributed by atoms with Crippen molar-refractivity contribution < 1.29 is 0 Å². The first-order chi connectivity index (χ1) is 8.06. The van der Waals surface area contributed by atoms with Gasteiger partial charge >= 0.3 is 0 Å². The maximum Gasteiger partial charge on any atom is 0.122 e. The van der Waals surface area contributed by atoms with E-state index in [1.54, 1.807) is 12.2 Å². The number of allylic oxidation sites excluding steroid dienone is 3. The van der Waals surface area contributed by atoms with E-state index in [4.69, 9.17) is 11.1 Å². The van der Waals surface area contributed by atoms with Gasteiger partial charge in [0.1, 0.15) is 5.84 Å². The highest BCUT2D eigenvalue weighted by Gasteiger charge is 2.02. The highest BCUT2D eigenvalue weighted by atomic mass is 14.7. The number of hydrogen-bond acceptors (Lipinski definition) is 1. The molecular weight excluding hydrogens is 208 g/mol. The maximum atomic E-state index is 7.48. The molecule has 0 aliphatic heterocycles. The van der Waals surface area contributed by atoms with Gasteiger partial charge in [-0.05, 0) is 36.6 Å². The van der Waals surface area contributed by atoms with Gasteiger partial charge in [-0.15, -0.1) is 0 Å². The van der Waals surface area contributed by atoms with E-state index in [9.17, 15) is 0 Å². The number of hydrogen-bond donors (Lipinski definition) is 2. The van der Waals surface area contributed by atoms with Crippen molar-refractivity contribution in [3.05, 3.63) is 65.8 Å². The first kappa shape index (κ1) is 13.0. The molecule has 0 aliphatic carbocycles. The van der Waals surface area contributed by atoms with Crippen molar-refractivity contribution in [1.29, 1.82) is 5.41 Å².